The number of furan rings is 1. The molecule has 0 atom stereocenters. The molecular weight excluding hydrogens is 410 g/mol. The van der Waals surface area contributed by atoms with Crippen LogP contribution in [0.5, 0.6) is 0 Å². The summed E-state index contributed by atoms with van der Waals surface area (Å²) in [5.41, 5.74) is 0.603. The van der Waals surface area contributed by atoms with Gasteiger partial charge in [0, 0.05) is 26.2 Å². The average Bonchev–Trinajstić information content (AvgIpc) is 3.03. The van der Waals surface area contributed by atoms with Crippen molar-refractivity contribution in [3.63, 3.8) is 0 Å². The van der Waals surface area contributed by atoms with Crippen LogP contribution in [-0.4, -0.2) is 54.3 Å². The Kier molecular flexibility index (Phi) is 5.78. The number of carbonyl (C=O) groups is 2. The Balaban J connectivity index is 1.48. The summed E-state index contributed by atoms with van der Waals surface area (Å²) in [4.78, 5) is 28.2. The Morgan fingerprint density at radius 3 is 2.48 bits per heavy atom. The van der Waals surface area contributed by atoms with Gasteiger partial charge in [-0.25, -0.2) is 0 Å². The summed E-state index contributed by atoms with van der Waals surface area (Å²) in [6.45, 7) is 2.62. The van der Waals surface area contributed by atoms with E-state index in [-0.39, 0.29) is 18.4 Å². The Labute approximate surface area is 158 Å². The predicted octanol–water partition coefficient (Wildman–Crippen LogP) is 3.09. The molecule has 1 aliphatic rings. The third kappa shape index (κ3) is 4.62. The highest BCUT2D eigenvalue weighted by molar-refractivity contribution is 9.10. The lowest BCUT2D eigenvalue weighted by atomic mass is 10.2. The number of piperazine rings is 1. The van der Waals surface area contributed by atoms with Crippen molar-refractivity contribution in [1.29, 1.82) is 0 Å². The van der Waals surface area contributed by atoms with Gasteiger partial charge in [-0.1, -0.05) is 23.7 Å². The highest BCUT2D eigenvalue weighted by Gasteiger charge is 2.25. The molecule has 0 aliphatic carbocycles. The normalized spacial score (nSPS) is 15.2. The molecule has 132 valence electrons. The lowest BCUT2D eigenvalue weighted by Crippen LogP contribution is -2.50. The molecule has 8 heteroatoms. The molecule has 1 aromatic heterocycles. The standard InChI is InChI=1S/C17H17BrClN3O3/c18-15-6-5-14(25-15)17(24)22-9-7-21(8-10-22)11-16(23)20-13-4-2-1-3-12(13)19/h1-6H,7-11H2,(H,20,23). The third-order valence-electron chi connectivity index (χ3n) is 3.96. The van der Waals surface area contributed by atoms with Crippen LogP contribution in [0, 0.1) is 0 Å². The van der Waals surface area contributed by atoms with Gasteiger partial charge < -0.3 is 14.6 Å². The van der Waals surface area contributed by atoms with Crippen molar-refractivity contribution in [3.8, 4) is 0 Å². The van der Waals surface area contributed by atoms with Gasteiger partial charge in [0.1, 0.15) is 0 Å². The molecule has 25 heavy (non-hydrogen) atoms. The van der Waals surface area contributed by atoms with Crippen LogP contribution in [0.25, 0.3) is 0 Å². The maximum absolute atomic E-state index is 12.3. The first-order chi connectivity index (χ1) is 12.0. The molecule has 1 aliphatic heterocycles. The number of rotatable bonds is 4. The number of carbonyl (C=O) groups excluding carboxylic acids is 2. The van der Waals surface area contributed by atoms with Crippen molar-refractivity contribution in [3.05, 3.63) is 51.9 Å². The first-order valence-electron chi connectivity index (χ1n) is 7.84. The van der Waals surface area contributed by atoms with E-state index in [9.17, 15) is 9.59 Å². The van der Waals surface area contributed by atoms with Gasteiger partial charge in [0.2, 0.25) is 5.91 Å². The van der Waals surface area contributed by atoms with Crippen molar-refractivity contribution < 1.29 is 14.0 Å². The molecule has 6 nitrogen and oxygen atoms in total. The first-order valence-corrected chi connectivity index (χ1v) is 9.01. The lowest BCUT2D eigenvalue weighted by Gasteiger charge is -2.33. The maximum Gasteiger partial charge on any atom is 0.289 e. The average molecular weight is 427 g/mol. The van der Waals surface area contributed by atoms with Gasteiger partial charge in [-0.2, -0.15) is 0 Å². The molecule has 0 saturated carbocycles. The fourth-order valence-electron chi connectivity index (χ4n) is 2.65. The number of hydrogen-bond donors (Lipinski definition) is 1. The van der Waals surface area contributed by atoms with E-state index in [4.69, 9.17) is 16.0 Å². The van der Waals surface area contributed by atoms with E-state index >= 15 is 0 Å². The largest absolute Gasteiger partial charge is 0.444 e. The van der Waals surface area contributed by atoms with Crippen LogP contribution in [0.3, 0.4) is 0 Å². The smallest absolute Gasteiger partial charge is 0.289 e. The van der Waals surface area contributed by atoms with Crippen LogP contribution in [0.4, 0.5) is 5.69 Å². The topological polar surface area (TPSA) is 65.8 Å². The second kappa shape index (κ2) is 8.03. The van der Waals surface area contributed by atoms with Crippen molar-refractivity contribution in [2.45, 2.75) is 0 Å². The van der Waals surface area contributed by atoms with E-state index in [2.05, 4.69) is 21.2 Å². The highest BCUT2D eigenvalue weighted by Crippen LogP contribution is 2.20. The zero-order chi connectivity index (χ0) is 17.8. The summed E-state index contributed by atoms with van der Waals surface area (Å²) in [5.74, 6) is 0.0606. The van der Waals surface area contributed by atoms with Gasteiger partial charge in [0.25, 0.3) is 5.91 Å². The van der Waals surface area contributed by atoms with Crippen molar-refractivity contribution in [2.24, 2.45) is 0 Å². The molecule has 1 fully saturated rings. The quantitative estimate of drug-likeness (QED) is 0.816. The van der Waals surface area contributed by atoms with E-state index < -0.39 is 0 Å². The van der Waals surface area contributed by atoms with Crippen molar-refractivity contribution in [1.82, 2.24) is 9.80 Å². The molecule has 0 unspecified atom stereocenters. The Morgan fingerprint density at radius 2 is 1.84 bits per heavy atom. The minimum absolute atomic E-state index is 0.122. The van der Waals surface area contributed by atoms with Gasteiger partial charge in [-0.15, -0.1) is 0 Å². The summed E-state index contributed by atoms with van der Waals surface area (Å²) < 4.78 is 5.84. The number of benzene rings is 1. The molecule has 0 radical (unpaired) electrons. The van der Waals surface area contributed by atoms with Gasteiger partial charge in [-0.3, -0.25) is 14.5 Å². The van der Waals surface area contributed by atoms with Crippen LogP contribution < -0.4 is 5.32 Å². The van der Waals surface area contributed by atoms with E-state index in [1.807, 2.05) is 17.0 Å². The van der Waals surface area contributed by atoms with E-state index in [1.165, 1.54) is 0 Å². The number of amides is 2. The van der Waals surface area contributed by atoms with Crippen LogP contribution in [-0.2, 0) is 4.79 Å². The van der Waals surface area contributed by atoms with Gasteiger partial charge in [0.05, 0.1) is 17.3 Å². The number of halogens is 2. The summed E-state index contributed by atoms with van der Waals surface area (Å²) >= 11 is 9.23. The molecule has 1 N–H and O–H groups in total. The number of nitrogens with zero attached hydrogens (tertiary/aromatic N) is 2. The minimum atomic E-state index is -0.133. The Hall–Kier alpha value is -1.83. The number of nitrogens with one attached hydrogen (secondary N) is 1. The first kappa shape index (κ1) is 18.0. The fourth-order valence-corrected chi connectivity index (χ4v) is 3.14. The molecule has 0 bridgehead atoms. The van der Waals surface area contributed by atoms with E-state index in [0.717, 1.165) is 0 Å². The third-order valence-corrected chi connectivity index (χ3v) is 4.71. The number of hydrogen-bond acceptors (Lipinski definition) is 4. The SMILES string of the molecule is O=C(CN1CCN(C(=O)c2ccc(Br)o2)CC1)Nc1ccccc1Cl. The molecule has 0 spiro atoms. The molecule has 1 aromatic carbocycles. The lowest BCUT2D eigenvalue weighted by molar-refractivity contribution is -0.117. The number of anilines is 1. The fraction of sp³-hybridized carbons (Fsp3) is 0.294. The van der Waals surface area contributed by atoms with Crippen LogP contribution in [0.1, 0.15) is 10.6 Å². The minimum Gasteiger partial charge on any atom is -0.444 e. The zero-order valence-electron chi connectivity index (χ0n) is 13.4. The Morgan fingerprint density at radius 1 is 1.12 bits per heavy atom. The molecular formula is C17H17BrClN3O3. The van der Waals surface area contributed by atoms with Gasteiger partial charge >= 0.3 is 0 Å². The van der Waals surface area contributed by atoms with Crippen LogP contribution >= 0.6 is 27.5 Å². The summed E-state index contributed by atoms with van der Waals surface area (Å²) in [5, 5.41) is 3.32. The summed E-state index contributed by atoms with van der Waals surface area (Å²) in [6.07, 6.45) is 0. The molecule has 2 heterocycles. The number of para-hydroxylation sites is 1. The van der Waals surface area contributed by atoms with Crippen LogP contribution in [0.15, 0.2) is 45.5 Å². The molecule has 1 saturated heterocycles. The van der Waals surface area contributed by atoms with Crippen molar-refractivity contribution in [2.75, 3.05) is 38.0 Å². The van der Waals surface area contributed by atoms with E-state index in [1.54, 1.807) is 29.2 Å². The Bertz CT molecular complexity index is 772. The molecule has 2 aromatic rings. The van der Waals surface area contributed by atoms with E-state index in [0.29, 0.717) is 47.3 Å². The van der Waals surface area contributed by atoms with Gasteiger partial charge in [0.15, 0.2) is 10.4 Å². The monoisotopic (exact) mass is 425 g/mol. The molecule has 2 amide bonds. The van der Waals surface area contributed by atoms with Crippen molar-refractivity contribution >= 4 is 45.0 Å². The highest BCUT2D eigenvalue weighted by atomic mass is 79.9. The second-order valence-corrected chi connectivity index (χ2v) is 6.89. The predicted molar refractivity (Wildman–Crippen MR) is 98.8 cm³/mol. The summed E-state index contributed by atoms with van der Waals surface area (Å²) in [6, 6.07) is 10.5. The van der Waals surface area contributed by atoms with Gasteiger partial charge in [-0.05, 0) is 40.2 Å². The molecule has 3 rings (SSSR count). The second-order valence-electron chi connectivity index (χ2n) is 5.70. The van der Waals surface area contributed by atoms with Crippen LogP contribution in [0.2, 0.25) is 5.02 Å². The maximum atomic E-state index is 12.3. The summed E-state index contributed by atoms with van der Waals surface area (Å²) in [7, 11) is 0. The zero-order valence-corrected chi connectivity index (χ0v) is 15.7.